The van der Waals surface area contributed by atoms with Crippen LogP contribution in [0.15, 0.2) is 43.0 Å². The summed E-state index contributed by atoms with van der Waals surface area (Å²) in [5.74, 6) is 0.313. The molecular weight excluding hydrogens is 430 g/mol. The van der Waals surface area contributed by atoms with E-state index in [0.717, 1.165) is 42.3 Å². The van der Waals surface area contributed by atoms with Crippen LogP contribution in [0.5, 0.6) is 0 Å². The normalized spacial score (nSPS) is 20.8. The summed E-state index contributed by atoms with van der Waals surface area (Å²) in [6.07, 6.45) is 11.1. The highest BCUT2D eigenvalue weighted by atomic mass is 16.2. The molecule has 2 fully saturated rings. The van der Waals surface area contributed by atoms with E-state index in [2.05, 4.69) is 30.7 Å². The van der Waals surface area contributed by atoms with Gasteiger partial charge < -0.3 is 15.6 Å². The summed E-state index contributed by atoms with van der Waals surface area (Å²) in [7, 11) is 1.86. The molecule has 0 aliphatic heterocycles. The van der Waals surface area contributed by atoms with E-state index in [4.69, 9.17) is 0 Å². The monoisotopic (exact) mass is 455 g/mol. The van der Waals surface area contributed by atoms with E-state index < -0.39 is 0 Å². The molecule has 0 bridgehead atoms. The van der Waals surface area contributed by atoms with Gasteiger partial charge in [0.05, 0.1) is 46.1 Å². The first kappa shape index (κ1) is 20.6. The molecule has 0 radical (unpaired) electrons. The Balaban J connectivity index is 1.20. The number of nitrogens with one attached hydrogen (secondary N) is 3. The first-order valence-corrected chi connectivity index (χ1v) is 11.5. The number of amides is 2. The number of hydrogen-bond donors (Lipinski definition) is 3. The second kappa shape index (κ2) is 7.51. The lowest BCUT2D eigenvalue weighted by Crippen LogP contribution is -2.24. The minimum Gasteiger partial charge on any atom is -0.339 e. The van der Waals surface area contributed by atoms with Crippen molar-refractivity contribution in [1.82, 2.24) is 24.7 Å². The van der Waals surface area contributed by atoms with Crippen molar-refractivity contribution in [2.75, 3.05) is 10.6 Å². The zero-order chi connectivity index (χ0) is 23.4. The third-order valence-corrected chi connectivity index (χ3v) is 7.20. The Bertz CT molecular complexity index is 1450. The number of aromatic amines is 1. The predicted octanol–water partition coefficient (Wildman–Crippen LogP) is 4.05. The average molecular weight is 456 g/mol. The molecule has 34 heavy (non-hydrogen) atoms. The number of carbonyl (C=O) groups excluding carboxylic acids is 2. The molecule has 2 aliphatic carbocycles. The lowest BCUT2D eigenvalue weighted by molar-refractivity contribution is -0.121. The van der Waals surface area contributed by atoms with Gasteiger partial charge in [-0.3, -0.25) is 19.3 Å². The Morgan fingerprint density at radius 1 is 1.15 bits per heavy atom. The summed E-state index contributed by atoms with van der Waals surface area (Å²) in [5.41, 5.74) is 4.61. The van der Waals surface area contributed by atoms with Crippen LogP contribution < -0.4 is 10.6 Å². The molecule has 3 N–H and O–H groups in total. The first-order valence-electron chi connectivity index (χ1n) is 11.5. The van der Waals surface area contributed by atoms with Gasteiger partial charge in [-0.25, -0.2) is 4.98 Å². The summed E-state index contributed by atoms with van der Waals surface area (Å²) in [5, 5.41) is 11.0. The molecule has 2 saturated carbocycles. The maximum atomic E-state index is 13.0. The summed E-state index contributed by atoms with van der Waals surface area (Å²) < 4.78 is 1.73. The number of rotatable bonds is 5. The first-order chi connectivity index (χ1) is 16.4. The Kier molecular flexibility index (Phi) is 4.55. The number of aryl methyl sites for hydroxylation is 2. The average Bonchev–Trinajstić information content (AvgIpc) is 3.20. The molecule has 2 aliphatic rings. The van der Waals surface area contributed by atoms with Crippen LogP contribution in [0.2, 0.25) is 0 Å². The highest BCUT2D eigenvalue weighted by Gasteiger charge is 2.61. The molecular formula is C25H25N7O2. The molecule has 6 rings (SSSR count). The molecule has 172 valence electrons. The van der Waals surface area contributed by atoms with Crippen LogP contribution in [-0.2, 0) is 11.8 Å². The number of carbonyl (C=O) groups is 2. The minimum atomic E-state index is -0.288. The maximum Gasteiger partial charge on any atom is 0.257 e. The van der Waals surface area contributed by atoms with E-state index in [-0.39, 0.29) is 17.2 Å². The Labute approximate surface area is 196 Å². The Morgan fingerprint density at radius 2 is 2.03 bits per heavy atom. The van der Waals surface area contributed by atoms with Gasteiger partial charge in [-0.1, -0.05) is 6.42 Å². The van der Waals surface area contributed by atoms with Gasteiger partial charge in [0.2, 0.25) is 5.91 Å². The van der Waals surface area contributed by atoms with Gasteiger partial charge in [0.25, 0.3) is 5.91 Å². The smallest absolute Gasteiger partial charge is 0.257 e. The van der Waals surface area contributed by atoms with Crippen molar-refractivity contribution in [3.8, 4) is 11.3 Å². The molecule has 9 nitrogen and oxygen atoms in total. The second-order valence-corrected chi connectivity index (χ2v) is 9.46. The molecule has 0 saturated heterocycles. The van der Waals surface area contributed by atoms with Crippen LogP contribution >= 0.6 is 0 Å². The number of nitrogens with zero attached hydrogens (tertiary/aromatic N) is 4. The van der Waals surface area contributed by atoms with Gasteiger partial charge in [0.15, 0.2) is 0 Å². The SMILES string of the molecule is Cc1ncc(NC(=O)C23CCCC2C3)cc1NC(=O)c1cnc2[nH]c(-c3cnn(C)c3)cc2c1. The van der Waals surface area contributed by atoms with Gasteiger partial charge in [-0.15, -0.1) is 0 Å². The van der Waals surface area contributed by atoms with Crippen molar-refractivity contribution < 1.29 is 9.59 Å². The number of hydrogen-bond acceptors (Lipinski definition) is 5. The van der Waals surface area contributed by atoms with E-state index in [1.54, 1.807) is 35.4 Å². The summed E-state index contributed by atoms with van der Waals surface area (Å²) in [6.45, 7) is 1.82. The predicted molar refractivity (Wildman–Crippen MR) is 128 cm³/mol. The molecule has 4 heterocycles. The van der Waals surface area contributed by atoms with E-state index >= 15 is 0 Å². The van der Waals surface area contributed by atoms with Crippen molar-refractivity contribution in [1.29, 1.82) is 0 Å². The number of pyridine rings is 2. The fourth-order valence-electron chi connectivity index (χ4n) is 5.15. The molecule has 0 aromatic carbocycles. The van der Waals surface area contributed by atoms with Gasteiger partial charge in [0, 0.05) is 30.4 Å². The Morgan fingerprint density at radius 3 is 2.76 bits per heavy atom. The number of anilines is 2. The van der Waals surface area contributed by atoms with Gasteiger partial charge in [0.1, 0.15) is 5.65 Å². The third kappa shape index (κ3) is 3.44. The van der Waals surface area contributed by atoms with Crippen LogP contribution in [0, 0.1) is 18.3 Å². The maximum absolute atomic E-state index is 13.0. The number of aromatic nitrogens is 5. The van der Waals surface area contributed by atoms with Crippen molar-refractivity contribution in [3.63, 3.8) is 0 Å². The van der Waals surface area contributed by atoms with Gasteiger partial charge in [-0.2, -0.15) is 5.10 Å². The molecule has 2 unspecified atom stereocenters. The fraction of sp³-hybridized carbons (Fsp3) is 0.320. The summed E-state index contributed by atoms with van der Waals surface area (Å²) in [4.78, 5) is 37.9. The zero-order valence-electron chi connectivity index (χ0n) is 19.1. The lowest BCUT2D eigenvalue weighted by Gasteiger charge is -2.14. The number of fused-ring (bicyclic) bond motifs is 2. The van der Waals surface area contributed by atoms with Crippen molar-refractivity contribution >= 4 is 34.2 Å². The van der Waals surface area contributed by atoms with Crippen LogP contribution in [0.3, 0.4) is 0 Å². The van der Waals surface area contributed by atoms with Crippen molar-refractivity contribution in [2.24, 2.45) is 18.4 Å². The van der Waals surface area contributed by atoms with Gasteiger partial charge in [-0.05, 0) is 50.3 Å². The molecule has 2 amide bonds. The third-order valence-electron chi connectivity index (χ3n) is 7.20. The van der Waals surface area contributed by atoms with E-state index in [9.17, 15) is 9.59 Å². The largest absolute Gasteiger partial charge is 0.339 e. The molecule has 2 atom stereocenters. The Hall–Kier alpha value is -4.01. The van der Waals surface area contributed by atoms with Gasteiger partial charge >= 0.3 is 0 Å². The molecule has 4 aromatic rings. The van der Waals surface area contributed by atoms with Crippen LogP contribution in [0.1, 0.15) is 41.7 Å². The molecule has 9 heteroatoms. The molecule has 4 aromatic heterocycles. The van der Waals surface area contributed by atoms with Crippen molar-refractivity contribution in [2.45, 2.75) is 32.6 Å². The quantitative estimate of drug-likeness (QED) is 0.420. The van der Waals surface area contributed by atoms with Crippen LogP contribution in [-0.4, -0.2) is 36.5 Å². The van der Waals surface area contributed by atoms with E-state index in [0.29, 0.717) is 34.2 Å². The second-order valence-electron chi connectivity index (χ2n) is 9.46. The minimum absolute atomic E-state index is 0.0736. The standard InChI is InChI=1S/C25H25N7O2/c1-14-20(8-19(12-26-14)29-24(34)25-5-3-4-18(25)9-25)31-23(33)16-6-15-7-21(30-22(15)27-10-16)17-11-28-32(2)13-17/h6-8,10-13,18H,3-5,9H2,1-2H3,(H,27,30)(H,29,34)(H,31,33). The lowest BCUT2D eigenvalue weighted by atomic mass is 10.0. The number of H-pyrrole nitrogens is 1. The van der Waals surface area contributed by atoms with Crippen LogP contribution in [0.25, 0.3) is 22.3 Å². The zero-order valence-corrected chi connectivity index (χ0v) is 19.1. The van der Waals surface area contributed by atoms with E-state index in [1.807, 2.05) is 26.2 Å². The summed E-state index contributed by atoms with van der Waals surface area (Å²) in [6, 6.07) is 5.52. The van der Waals surface area contributed by atoms with E-state index in [1.165, 1.54) is 0 Å². The molecule has 0 spiro atoms. The highest BCUT2D eigenvalue weighted by Crippen LogP contribution is 2.63. The fourth-order valence-corrected chi connectivity index (χ4v) is 5.15. The van der Waals surface area contributed by atoms with Crippen LogP contribution in [0.4, 0.5) is 11.4 Å². The van der Waals surface area contributed by atoms with Crippen molar-refractivity contribution in [3.05, 3.63) is 54.2 Å². The summed E-state index contributed by atoms with van der Waals surface area (Å²) >= 11 is 0. The topological polar surface area (TPSA) is 118 Å². The highest BCUT2D eigenvalue weighted by molar-refractivity contribution is 6.06.